The lowest BCUT2D eigenvalue weighted by Gasteiger charge is -2.11. The summed E-state index contributed by atoms with van der Waals surface area (Å²) in [6, 6.07) is 29.1. The Kier molecular flexibility index (Phi) is 7.51. The van der Waals surface area contributed by atoms with Gasteiger partial charge in [-0.1, -0.05) is 72.3 Å². The van der Waals surface area contributed by atoms with Crippen molar-refractivity contribution in [2.45, 2.75) is 13.0 Å². The molecule has 0 aliphatic heterocycles. The minimum Gasteiger partial charge on any atom is -0.369 e. The number of halogens is 1. The lowest BCUT2D eigenvalue weighted by atomic mass is 10.1. The SMILES string of the molecule is NCc1sc(-c2ccc(Cl)cc2)nc1Cc1ccccc1NC(N)=Nc1ccc(-c2ccccc2)nn1. The molecule has 0 spiro atoms. The van der Waals surface area contributed by atoms with Crippen molar-refractivity contribution >= 4 is 40.4 Å². The van der Waals surface area contributed by atoms with Crippen LogP contribution in [0.4, 0.5) is 11.5 Å². The number of hydrogen-bond acceptors (Lipinski definition) is 6. The van der Waals surface area contributed by atoms with E-state index in [1.807, 2.05) is 84.9 Å². The largest absolute Gasteiger partial charge is 0.369 e. The van der Waals surface area contributed by atoms with Crippen LogP contribution in [0.1, 0.15) is 16.1 Å². The molecule has 0 amide bonds. The van der Waals surface area contributed by atoms with Gasteiger partial charge in [-0.25, -0.2) is 4.98 Å². The monoisotopic (exact) mass is 525 g/mol. The maximum absolute atomic E-state index is 6.22. The third-order valence-corrected chi connectivity index (χ3v) is 7.07. The van der Waals surface area contributed by atoms with Crippen LogP contribution in [-0.4, -0.2) is 21.1 Å². The maximum Gasteiger partial charge on any atom is 0.199 e. The summed E-state index contributed by atoms with van der Waals surface area (Å²) in [6.07, 6.45) is 0.596. The van der Waals surface area contributed by atoms with E-state index >= 15 is 0 Å². The molecule has 37 heavy (non-hydrogen) atoms. The molecular formula is C28H24ClN7S. The Morgan fingerprint density at radius 2 is 1.62 bits per heavy atom. The van der Waals surface area contributed by atoms with Crippen LogP contribution in [0.25, 0.3) is 21.8 Å². The van der Waals surface area contributed by atoms with E-state index in [0.717, 1.165) is 43.7 Å². The Hall–Kier alpha value is -4.11. The number of aliphatic imine (C=N–C) groups is 1. The van der Waals surface area contributed by atoms with Crippen molar-refractivity contribution in [3.63, 3.8) is 0 Å². The summed E-state index contributed by atoms with van der Waals surface area (Å²) in [6.45, 7) is 0.414. The molecule has 7 nitrogen and oxygen atoms in total. The second-order valence-electron chi connectivity index (χ2n) is 8.20. The first kappa shape index (κ1) is 24.6. The lowest BCUT2D eigenvalue weighted by Crippen LogP contribution is -2.23. The first-order chi connectivity index (χ1) is 18.1. The van der Waals surface area contributed by atoms with Gasteiger partial charge in [0.15, 0.2) is 11.8 Å². The molecule has 184 valence electrons. The number of anilines is 1. The number of benzene rings is 3. The van der Waals surface area contributed by atoms with E-state index in [1.165, 1.54) is 0 Å². The predicted octanol–water partition coefficient (Wildman–Crippen LogP) is 6.03. The molecule has 0 saturated heterocycles. The van der Waals surface area contributed by atoms with Crippen molar-refractivity contribution in [2.24, 2.45) is 16.5 Å². The van der Waals surface area contributed by atoms with Crippen molar-refractivity contribution in [2.75, 3.05) is 5.32 Å². The lowest BCUT2D eigenvalue weighted by molar-refractivity contribution is 1.01. The zero-order chi connectivity index (χ0) is 25.6. The topological polar surface area (TPSA) is 115 Å². The minimum atomic E-state index is 0.216. The van der Waals surface area contributed by atoms with Gasteiger partial charge in [-0.05, 0) is 35.9 Å². The Morgan fingerprint density at radius 3 is 2.35 bits per heavy atom. The third-order valence-electron chi connectivity index (χ3n) is 5.65. The number of nitrogens with one attached hydrogen (secondary N) is 1. The van der Waals surface area contributed by atoms with E-state index in [-0.39, 0.29) is 5.96 Å². The fourth-order valence-electron chi connectivity index (χ4n) is 3.81. The van der Waals surface area contributed by atoms with Gasteiger partial charge in [0, 0.05) is 39.7 Å². The molecule has 0 radical (unpaired) electrons. The Bertz CT molecular complexity index is 1510. The summed E-state index contributed by atoms with van der Waals surface area (Å²) in [5, 5.41) is 13.3. The van der Waals surface area contributed by atoms with E-state index in [4.69, 9.17) is 28.1 Å². The molecule has 0 atom stereocenters. The van der Waals surface area contributed by atoms with Gasteiger partial charge in [0.1, 0.15) is 5.01 Å². The number of rotatable bonds is 7. The molecule has 0 saturated carbocycles. The summed E-state index contributed by atoms with van der Waals surface area (Å²) in [5.41, 5.74) is 17.8. The van der Waals surface area contributed by atoms with Crippen molar-refractivity contribution in [1.29, 1.82) is 0 Å². The second kappa shape index (κ2) is 11.3. The number of guanidine groups is 1. The van der Waals surface area contributed by atoms with Crippen molar-refractivity contribution in [3.8, 4) is 21.8 Å². The van der Waals surface area contributed by atoms with Crippen molar-refractivity contribution in [1.82, 2.24) is 15.2 Å². The molecule has 0 bridgehead atoms. The minimum absolute atomic E-state index is 0.216. The number of nitrogens with two attached hydrogens (primary N) is 2. The molecule has 3 aromatic carbocycles. The van der Waals surface area contributed by atoms with Crippen LogP contribution >= 0.6 is 22.9 Å². The van der Waals surface area contributed by atoms with Crippen LogP contribution < -0.4 is 16.8 Å². The Balaban J connectivity index is 1.34. The zero-order valence-corrected chi connectivity index (χ0v) is 21.4. The van der Waals surface area contributed by atoms with Gasteiger partial charge in [-0.3, -0.25) is 0 Å². The number of hydrogen-bond donors (Lipinski definition) is 3. The number of aromatic nitrogens is 3. The fraction of sp³-hybridized carbons (Fsp3) is 0.0714. The summed E-state index contributed by atoms with van der Waals surface area (Å²) in [5.74, 6) is 0.632. The van der Waals surface area contributed by atoms with Crippen LogP contribution in [0.3, 0.4) is 0 Å². The molecule has 0 unspecified atom stereocenters. The Morgan fingerprint density at radius 1 is 0.865 bits per heavy atom. The number of thiazole rings is 1. The Labute approximate surface area is 223 Å². The first-order valence-electron chi connectivity index (χ1n) is 11.6. The molecule has 9 heteroatoms. The fourth-order valence-corrected chi connectivity index (χ4v) is 4.90. The summed E-state index contributed by atoms with van der Waals surface area (Å²) in [7, 11) is 0. The van der Waals surface area contributed by atoms with Crippen molar-refractivity contribution < 1.29 is 0 Å². The van der Waals surface area contributed by atoms with Crippen LogP contribution in [0.5, 0.6) is 0 Å². The smallest absolute Gasteiger partial charge is 0.199 e. The normalized spacial score (nSPS) is 11.5. The molecule has 0 aliphatic carbocycles. The highest BCUT2D eigenvalue weighted by atomic mass is 35.5. The van der Waals surface area contributed by atoms with Gasteiger partial charge in [-0.15, -0.1) is 21.5 Å². The van der Waals surface area contributed by atoms with E-state index < -0.39 is 0 Å². The highest BCUT2D eigenvalue weighted by molar-refractivity contribution is 7.15. The summed E-state index contributed by atoms with van der Waals surface area (Å²) in [4.78, 5) is 10.3. The average Bonchev–Trinajstić information content (AvgIpc) is 3.34. The molecule has 5 N–H and O–H groups in total. The molecule has 5 rings (SSSR count). The van der Waals surface area contributed by atoms with Crippen LogP contribution in [-0.2, 0) is 13.0 Å². The predicted molar refractivity (Wildman–Crippen MR) is 152 cm³/mol. The van der Waals surface area contributed by atoms with E-state index in [0.29, 0.717) is 23.8 Å². The van der Waals surface area contributed by atoms with E-state index in [9.17, 15) is 0 Å². The molecule has 5 aromatic rings. The van der Waals surface area contributed by atoms with Gasteiger partial charge in [0.2, 0.25) is 0 Å². The van der Waals surface area contributed by atoms with Crippen LogP contribution in [0.15, 0.2) is 96.0 Å². The van der Waals surface area contributed by atoms with Gasteiger partial charge in [0.25, 0.3) is 0 Å². The van der Waals surface area contributed by atoms with Gasteiger partial charge in [-0.2, -0.15) is 4.99 Å². The van der Waals surface area contributed by atoms with Gasteiger partial charge < -0.3 is 16.8 Å². The zero-order valence-electron chi connectivity index (χ0n) is 19.8. The third kappa shape index (κ3) is 6.00. The quantitative estimate of drug-likeness (QED) is 0.176. The average molecular weight is 526 g/mol. The van der Waals surface area contributed by atoms with Gasteiger partial charge in [0.05, 0.1) is 11.4 Å². The first-order valence-corrected chi connectivity index (χ1v) is 12.8. The van der Waals surface area contributed by atoms with Gasteiger partial charge >= 0.3 is 0 Å². The number of para-hydroxylation sites is 1. The maximum atomic E-state index is 6.22. The summed E-state index contributed by atoms with van der Waals surface area (Å²) < 4.78 is 0. The van der Waals surface area contributed by atoms with Crippen LogP contribution in [0, 0.1) is 0 Å². The van der Waals surface area contributed by atoms with E-state index in [1.54, 1.807) is 17.4 Å². The molecule has 2 aromatic heterocycles. The van der Waals surface area contributed by atoms with Crippen LogP contribution in [0.2, 0.25) is 5.02 Å². The highest BCUT2D eigenvalue weighted by Gasteiger charge is 2.14. The molecule has 2 heterocycles. The molecule has 0 aliphatic rings. The number of nitrogens with zero attached hydrogens (tertiary/aromatic N) is 4. The summed E-state index contributed by atoms with van der Waals surface area (Å²) >= 11 is 7.64. The van der Waals surface area contributed by atoms with Crippen molar-refractivity contribution in [3.05, 3.63) is 112 Å². The second-order valence-corrected chi connectivity index (χ2v) is 9.72. The highest BCUT2D eigenvalue weighted by Crippen LogP contribution is 2.31. The van der Waals surface area contributed by atoms with E-state index in [2.05, 4.69) is 20.5 Å². The molecule has 0 fully saturated rings. The standard InChI is InChI=1S/C28H24ClN7S/c29-21-12-10-19(11-13-21)27-32-24(25(17-30)37-27)16-20-8-4-5-9-22(20)33-28(31)34-26-15-14-23(35-36-26)18-6-2-1-3-7-18/h1-15H,16-17,30H2,(H3,31,33,34,36). The molecular weight excluding hydrogens is 502 g/mol.